The summed E-state index contributed by atoms with van der Waals surface area (Å²) < 4.78 is 13.2. The Kier molecular flexibility index (Phi) is 9.29. The number of hydrogen-bond donors (Lipinski definition) is 0. The second-order valence-corrected chi connectivity index (χ2v) is 9.78. The van der Waals surface area contributed by atoms with Crippen LogP contribution in [0.5, 0.6) is 0 Å². The largest absolute Gasteiger partial charge is 0.454 e. The van der Waals surface area contributed by atoms with Crippen molar-refractivity contribution in [1.29, 1.82) is 0 Å². The Morgan fingerprint density at radius 3 is 2.36 bits per heavy atom. The van der Waals surface area contributed by atoms with E-state index in [-0.39, 0.29) is 24.1 Å². The molecule has 0 amide bonds. The highest BCUT2D eigenvalue weighted by atomic mass is 35.5. The molecule has 7 heteroatoms. The maximum Gasteiger partial charge on any atom is 0.308 e. The molecule has 0 spiro atoms. The number of allylic oxidation sites excluding steroid dienone is 1. The van der Waals surface area contributed by atoms with E-state index in [0.29, 0.717) is 35.1 Å². The summed E-state index contributed by atoms with van der Waals surface area (Å²) in [6.07, 6.45) is 2.06. The van der Waals surface area contributed by atoms with Crippen molar-refractivity contribution in [2.45, 2.75) is 66.8 Å². The molecule has 1 aromatic heterocycles. The molecule has 0 unspecified atom stereocenters. The van der Waals surface area contributed by atoms with Crippen molar-refractivity contribution in [3.05, 3.63) is 51.8 Å². The topological polar surface area (TPSA) is 65.7 Å². The van der Waals surface area contributed by atoms with Gasteiger partial charge >= 0.3 is 5.97 Å². The Labute approximate surface area is 202 Å². The summed E-state index contributed by atoms with van der Waals surface area (Å²) in [6.45, 7) is 14.7. The first-order chi connectivity index (χ1) is 15.5. The predicted octanol–water partition coefficient (Wildman–Crippen LogP) is 6.29. The van der Waals surface area contributed by atoms with Crippen LogP contribution in [0, 0.1) is 12.8 Å². The molecule has 1 heterocycles. The fourth-order valence-electron chi connectivity index (χ4n) is 3.37. The third kappa shape index (κ3) is 6.94. The molecule has 1 aromatic carbocycles. The number of aliphatic imine (C=N–C) groups is 1. The molecule has 180 valence electrons. The molecule has 6 nitrogen and oxygen atoms in total. The first-order valence-electron chi connectivity index (χ1n) is 11.3. The predicted molar refractivity (Wildman–Crippen MR) is 136 cm³/mol. The van der Waals surface area contributed by atoms with Gasteiger partial charge in [0.2, 0.25) is 6.79 Å². The van der Waals surface area contributed by atoms with E-state index in [4.69, 9.17) is 21.1 Å². The first-order valence-corrected chi connectivity index (χ1v) is 11.7. The number of hydrogen-bond acceptors (Lipinski definition) is 5. The van der Waals surface area contributed by atoms with Crippen molar-refractivity contribution in [2.75, 3.05) is 13.8 Å². The second-order valence-electron chi connectivity index (χ2n) is 9.40. The van der Waals surface area contributed by atoms with Gasteiger partial charge in [0.1, 0.15) is 5.69 Å². The SMILES string of the molecule is CCn1nc(C)c(Cl)c1/C(OCOC(=O)CC(C)C)=C(\C=N/C)c1ccc(C(C)(C)C)cc1. The zero-order valence-electron chi connectivity index (χ0n) is 21.0. The van der Waals surface area contributed by atoms with Gasteiger partial charge in [-0.2, -0.15) is 5.10 Å². The fraction of sp³-hybridized carbons (Fsp3) is 0.500. The van der Waals surface area contributed by atoms with Gasteiger partial charge in [0.05, 0.1) is 10.7 Å². The van der Waals surface area contributed by atoms with Crippen LogP contribution in [-0.4, -0.2) is 35.8 Å². The zero-order valence-corrected chi connectivity index (χ0v) is 21.8. The van der Waals surface area contributed by atoms with Crippen molar-refractivity contribution in [3.63, 3.8) is 0 Å². The highest BCUT2D eigenvalue weighted by Gasteiger charge is 2.23. The third-order valence-corrected chi connectivity index (χ3v) is 5.58. The number of benzene rings is 1. The highest BCUT2D eigenvalue weighted by Crippen LogP contribution is 2.34. The molecule has 0 N–H and O–H groups in total. The number of aryl methyl sites for hydroxylation is 2. The Morgan fingerprint density at radius 2 is 1.85 bits per heavy atom. The van der Waals surface area contributed by atoms with Gasteiger partial charge in [-0.05, 0) is 36.3 Å². The Balaban J connectivity index is 2.59. The normalized spacial score (nSPS) is 12.9. The van der Waals surface area contributed by atoms with Gasteiger partial charge in [-0.1, -0.05) is 70.5 Å². The molecule has 0 radical (unpaired) electrons. The number of rotatable bonds is 9. The fourth-order valence-corrected chi connectivity index (χ4v) is 3.59. The number of carbonyl (C=O) groups is 1. The summed E-state index contributed by atoms with van der Waals surface area (Å²) in [7, 11) is 1.70. The molecular weight excluding hydrogens is 438 g/mol. The molecule has 0 atom stereocenters. The minimum absolute atomic E-state index is 0.0342. The van der Waals surface area contributed by atoms with E-state index in [2.05, 4.69) is 43.0 Å². The maximum absolute atomic E-state index is 12.1. The number of aromatic nitrogens is 2. The van der Waals surface area contributed by atoms with Gasteiger partial charge in [-0.3, -0.25) is 14.5 Å². The number of esters is 1. The molecule has 0 aliphatic carbocycles. The molecule has 2 aromatic rings. The van der Waals surface area contributed by atoms with Crippen LogP contribution in [0.15, 0.2) is 29.3 Å². The van der Waals surface area contributed by atoms with E-state index in [1.54, 1.807) is 17.9 Å². The Hall–Kier alpha value is -2.60. The summed E-state index contributed by atoms with van der Waals surface area (Å²) >= 11 is 6.66. The van der Waals surface area contributed by atoms with Crippen molar-refractivity contribution in [1.82, 2.24) is 9.78 Å². The average Bonchev–Trinajstić information content (AvgIpc) is 3.02. The van der Waals surface area contributed by atoms with Crippen LogP contribution in [0.3, 0.4) is 0 Å². The average molecular weight is 474 g/mol. The lowest BCUT2D eigenvalue weighted by molar-refractivity contribution is -0.152. The lowest BCUT2D eigenvalue weighted by Crippen LogP contribution is -2.13. The van der Waals surface area contributed by atoms with Gasteiger partial charge in [0, 0.05) is 31.8 Å². The molecule has 0 bridgehead atoms. The number of nitrogens with zero attached hydrogens (tertiary/aromatic N) is 3. The second kappa shape index (κ2) is 11.5. The van der Waals surface area contributed by atoms with Gasteiger partial charge in [0.25, 0.3) is 0 Å². The smallest absolute Gasteiger partial charge is 0.308 e. The van der Waals surface area contributed by atoms with Crippen LogP contribution in [0.1, 0.15) is 70.5 Å². The van der Waals surface area contributed by atoms with E-state index in [1.807, 2.05) is 39.8 Å². The van der Waals surface area contributed by atoms with Crippen LogP contribution in [0.4, 0.5) is 0 Å². The highest BCUT2D eigenvalue weighted by molar-refractivity contribution is 6.33. The maximum atomic E-state index is 12.1. The van der Waals surface area contributed by atoms with Gasteiger partial charge in [0.15, 0.2) is 5.76 Å². The van der Waals surface area contributed by atoms with E-state index >= 15 is 0 Å². The first kappa shape index (κ1) is 26.7. The Morgan fingerprint density at radius 1 is 1.21 bits per heavy atom. The summed E-state index contributed by atoms with van der Waals surface area (Å²) in [5.41, 5.74) is 4.22. The molecule has 0 fully saturated rings. The number of carbonyl (C=O) groups excluding carboxylic acids is 1. The quantitative estimate of drug-likeness (QED) is 0.185. The summed E-state index contributed by atoms with van der Waals surface area (Å²) in [5.74, 6) is 0.361. The van der Waals surface area contributed by atoms with Gasteiger partial charge < -0.3 is 9.47 Å². The van der Waals surface area contributed by atoms with Crippen LogP contribution >= 0.6 is 11.6 Å². The van der Waals surface area contributed by atoms with Crippen molar-refractivity contribution < 1.29 is 14.3 Å². The summed E-state index contributed by atoms with van der Waals surface area (Å²) in [4.78, 5) is 16.3. The lowest BCUT2D eigenvalue weighted by Gasteiger charge is -2.20. The van der Waals surface area contributed by atoms with Crippen LogP contribution < -0.4 is 0 Å². The van der Waals surface area contributed by atoms with E-state index < -0.39 is 0 Å². The van der Waals surface area contributed by atoms with Crippen LogP contribution in [0.2, 0.25) is 5.02 Å². The zero-order chi connectivity index (χ0) is 24.8. The molecule has 33 heavy (non-hydrogen) atoms. The van der Waals surface area contributed by atoms with Gasteiger partial charge in [-0.25, -0.2) is 0 Å². The van der Waals surface area contributed by atoms with Gasteiger partial charge in [-0.15, -0.1) is 0 Å². The van der Waals surface area contributed by atoms with Crippen molar-refractivity contribution in [2.24, 2.45) is 10.9 Å². The van der Waals surface area contributed by atoms with E-state index in [1.165, 1.54) is 5.56 Å². The molecular formula is C26H36ClN3O3. The van der Waals surface area contributed by atoms with Crippen molar-refractivity contribution in [3.8, 4) is 0 Å². The Bertz CT molecular complexity index is 1010. The summed E-state index contributed by atoms with van der Waals surface area (Å²) in [5, 5.41) is 5.03. The van der Waals surface area contributed by atoms with Crippen LogP contribution in [-0.2, 0) is 26.2 Å². The summed E-state index contributed by atoms with van der Waals surface area (Å²) in [6, 6.07) is 8.28. The standard InChI is InChI=1S/C26H36ClN3O3/c1-9-30-24(23(27)18(4)29-30)25(33-16-32-22(31)14-17(2)3)21(15-28-8)19-10-12-20(13-11-19)26(5,6)7/h10-13,15,17H,9,14,16H2,1-8H3/b25-21-,28-15-. The van der Waals surface area contributed by atoms with E-state index in [0.717, 1.165) is 11.1 Å². The minimum atomic E-state index is -0.309. The number of ether oxygens (including phenoxy) is 2. The molecule has 0 saturated heterocycles. The molecule has 0 aliphatic heterocycles. The third-order valence-electron chi connectivity index (χ3n) is 5.13. The molecule has 0 aliphatic rings. The molecule has 0 saturated carbocycles. The monoisotopic (exact) mass is 473 g/mol. The van der Waals surface area contributed by atoms with Crippen LogP contribution in [0.25, 0.3) is 11.3 Å². The lowest BCUT2D eigenvalue weighted by atomic mass is 9.86. The minimum Gasteiger partial charge on any atom is -0.454 e. The molecule has 2 rings (SSSR count). The number of halogens is 1. The van der Waals surface area contributed by atoms with Crippen molar-refractivity contribution >= 4 is 35.1 Å². The van der Waals surface area contributed by atoms with E-state index in [9.17, 15) is 4.79 Å².